The highest BCUT2D eigenvalue weighted by Crippen LogP contribution is 2.47. The molecule has 10 unspecified atom stereocenters. The molecule has 138 valence electrons. The summed E-state index contributed by atoms with van der Waals surface area (Å²) in [5.41, 5.74) is -1.52. The van der Waals surface area contributed by atoms with Gasteiger partial charge in [-0.3, -0.25) is 0 Å². The molecule has 0 aromatic heterocycles. The van der Waals surface area contributed by atoms with E-state index in [1.54, 1.807) is 0 Å². The number of hydrogen-bond acceptors (Lipinski definition) is 9. The minimum Gasteiger partial charge on any atom is -0.472 e. The molecule has 0 bridgehead atoms. The lowest BCUT2D eigenvalue weighted by Crippen LogP contribution is -2.61. The van der Waals surface area contributed by atoms with Crippen LogP contribution in [0.15, 0.2) is 12.3 Å². The summed E-state index contributed by atoms with van der Waals surface area (Å²) in [6, 6.07) is 0. The lowest BCUT2D eigenvalue weighted by molar-refractivity contribution is -0.347. The van der Waals surface area contributed by atoms with Gasteiger partial charge in [0.2, 0.25) is 6.29 Å². The fourth-order valence-electron chi connectivity index (χ4n) is 3.81. The van der Waals surface area contributed by atoms with E-state index in [1.165, 1.54) is 12.3 Å². The topological polar surface area (TPSA) is 149 Å². The molecule has 9 heteroatoms. The van der Waals surface area contributed by atoms with Crippen LogP contribution in [0, 0.1) is 11.8 Å². The van der Waals surface area contributed by atoms with Gasteiger partial charge in [-0.1, -0.05) is 6.92 Å². The van der Waals surface area contributed by atoms with E-state index < -0.39 is 61.2 Å². The SMILES string of the molecule is CC1CC(O)C2(O)C=COC(OC3OC(CO)C(O)C(O)C3O)C12. The van der Waals surface area contributed by atoms with Gasteiger partial charge >= 0.3 is 0 Å². The average molecular weight is 348 g/mol. The lowest BCUT2D eigenvalue weighted by Gasteiger charge is -2.44. The molecule has 3 rings (SSSR count). The van der Waals surface area contributed by atoms with E-state index >= 15 is 0 Å². The van der Waals surface area contributed by atoms with Gasteiger partial charge in [0.05, 0.1) is 24.9 Å². The van der Waals surface area contributed by atoms with Gasteiger partial charge in [0.15, 0.2) is 6.29 Å². The second-order valence-electron chi connectivity index (χ2n) is 6.78. The first-order chi connectivity index (χ1) is 11.3. The second kappa shape index (κ2) is 6.50. The minimum absolute atomic E-state index is 0.134. The molecule has 0 radical (unpaired) electrons. The van der Waals surface area contributed by atoms with Crippen LogP contribution >= 0.6 is 0 Å². The second-order valence-corrected chi connectivity index (χ2v) is 6.78. The van der Waals surface area contributed by atoms with Gasteiger partial charge in [0.25, 0.3) is 0 Å². The van der Waals surface area contributed by atoms with Gasteiger partial charge in [-0.05, 0) is 18.4 Å². The Kier molecular flexibility index (Phi) is 4.89. The summed E-state index contributed by atoms with van der Waals surface area (Å²) in [5.74, 6) is -0.741. The monoisotopic (exact) mass is 348 g/mol. The third-order valence-electron chi connectivity index (χ3n) is 5.23. The molecule has 2 aliphatic heterocycles. The first-order valence-corrected chi connectivity index (χ1v) is 7.99. The minimum atomic E-state index is -1.56. The van der Waals surface area contributed by atoms with Crippen LogP contribution in [0.3, 0.4) is 0 Å². The quantitative estimate of drug-likeness (QED) is 0.323. The highest BCUT2D eigenvalue weighted by atomic mass is 16.8. The summed E-state index contributed by atoms with van der Waals surface area (Å²) < 4.78 is 16.3. The molecule has 0 spiro atoms. The predicted molar refractivity (Wildman–Crippen MR) is 77.1 cm³/mol. The van der Waals surface area contributed by atoms with Crippen LogP contribution in [0.2, 0.25) is 0 Å². The Bertz CT molecular complexity index is 484. The van der Waals surface area contributed by atoms with Crippen molar-refractivity contribution < 1.29 is 44.8 Å². The van der Waals surface area contributed by atoms with Crippen LogP contribution < -0.4 is 0 Å². The number of aliphatic hydroxyl groups excluding tert-OH is 5. The van der Waals surface area contributed by atoms with Gasteiger partial charge in [-0.2, -0.15) is 0 Å². The van der Waals surface area contributed by atoms with Crippen LogP contribution in [-0.2, 0) is 14.2 Å². The Labute approximate surface area is 138 Å². The normalized spacial score (nSPS) is 54.4. The molecule has 9 nitrogen and oxygen atoms in total. The standard InChI is InChI=1S/C15H24O9/c1-6-4-8(17)15(21)2-3-22-13(9(6)15)24-14-12(20)11(19)10(18)7(5-16)23-14/h2-3,6-14,16-21H,4-5H2,1H3. The fraction of sp³-hybridized carbons (Fsp3) is 0.867. The number of hydrogen-bond donors (Lipinski definition) is 6. The third-order valence-corrected chi connectivity index (χ3v) is 5.23. The van der Waals surface area contributed by atoms with Gasteiger partial charge in [-0.25, -0.2) is 0 Å². The van der Waals surface area contributed by atoms with E-state index in [2.05, 4.69) is 0 Å². The molecule has 0 aromatic carbocycles. The van der Waals surface area contributed by atoms with Crippen molar-refractivity contribution in [1.82, 2.24) is 0 Å². The summed E-state index contributed by atoms with van der Waals surface area (Å²) in [7, 11) is 0. The Morgan fingerprint density at radius 2 is 1.83 bits per heavy atom. The highest BCUT2D eigenvalue weighted by Gasteiger charge is 2.58. The van der Waals surface area contributed by atoms with Crippen molar-refractivity contribution in [1.29, 1.82) is 0 Å². The van der Waals surface area contributed by atoms with Gasteiger partial charge in [-0.15, -0.1) is 0 Å². The van der Waals surface area contributed by atoms with Crippen molar-refractivity contribution >= 4 is 0 Å². The summed E-state index contributed by atoms with van der Waals surface area (Å²) in [5, 5.41) is 59.6. The predicted octanol–water partition coefficient (Wildman–Crippen LogP) is -2.58. The summed E-state index contributed by atoms with van der Waals surface area (Å²) in [6.45, 7) is 1.26. The molecule has 3 aliphatic rings. The molecule has 1 saturated carbocycles. The van der Waals surface area contributed by atoms with E-state index in [9.17, 15) is 30.6 Å². The van der Waals surface area contributed by atoms with Gasteiger partial charge < -0.3 is 44.8 Å². The van der Waals surface area contributed by atoms with Crippen LogP contribution in [0.25, 0.3) is 0 Å². The maximum atomic E-state index is 10.7. The Morgan fingerprint density at radius 3 is 2.50 bits per heavy atom. The van der Waals surface area contributed by atoms with E-state index in [0.717, 1.165) is 0 Å². The molecular formula is C15H24O9. The van der Waals surface area contributed by atoms with Crippen molar-refractivity contribution in [2.45, 2.75) is 62.0 Å². The number of ether oxygens (including phenoxy) is 3. The van der Waals surface area contributed by atoms with Crippen molar-refractivity contribution in [3.8, 4) is 0 Å². The maximum absolute atomic E-state index is 10.7. The maximum Gasteiger partial charge on any atom is 0.207 e. The Hall–Kier alpha value is -0.780. The van der Waals surface area contributed by atoms with Crippen LogP contribution in [0.5, 0.6) is 0 Å². The molecule has 2 fully saturated rings. The number of rotatable bonds is 3. The summed E-state index contributed by atoms with van der Waals surface area (Å²) in [6.07, 6.45) is -6.15. The van der Waals surface area contributed by atoms with Gasteiger partial charge in [0, 0.05) is 0 Å². The molecule has 0 aromatic rings. The van der Waals surface area contributed by atoms with E-state index in [1.807, 2.05) is 6.92 Å². The first-order valence-electron chi connectivity index (χ1n) is 7.99. The largest absolute Gasteiger partial charge is 0.472 e. The van der Waals surface area contributed by atoms with Crippen LogP contribution in [0.1, 0.15) is 13.3 Å². The average Bonchev–Trinajstić information content (AvgIpc) is 2.78. The third kappa shape index (κ3) is 2.74. The summed E-state index contributed by atoms with van der Waals surface area (Å²) in [4.78, 5) is 0. The highest BCUT2D eigenvalue weighted by molar-refractivity contribution is 5.16. The number of fused-ring (bicyclic) bond motifs is 1. The molecule has 10 atom stereocenters. The molecule has 1 aliphatic carbocycles. The first kappa shape index (κ1) is 18.0. The zero-order valence-electron chi connectivity index (χ0n) is 13.2. The Balaban J connectivity index is 1.77. The smallest absolute Gasteiger partial charge is 0.207 e. The zero-order valence-corrected chi connectivity index (χ0v) is 13.2. The molecular weight excluding hydrogens is 324 g/mol. The van der Waals surface area contributed by atoms with Crippen molar-refractivity contribution in [2.75, 3.05) is 6.61 Å². The van der Waals surface area contributed by atoms with Crippen molar-refractivity contribution in [3.63, 3.8) is 0 Å². The fourth-order valence-corrected chi connectivity index (χ4v) is 3.81. The molecule has 0 amide bonds. The van der Waals surface area contributed by atoms with Gasteiger partial charge in [0.1, 0.15) is 30.0 Å². The van der Waals surface area contributed by atoms with E-state index in [4.69, 9.17) is 14.2 Å². The van der Waals surface area contributed by atoms with Crippen molar-refractivity contribution in [2.24, 2.45) is 11.8 Å². The molecule has 1 saturated heterocycles. The molecule has 2 heterocycles. The molecule has 24 heavy (non-hydrogen) atoms. The van der Waals surface area contributed by atoms with E-state index in [-0.39, 0.29) is 5.92 Å². The van der Waals surface area contributed by atoms with Crippen molar-refractivity contribution in [3.05, 3.63) is 12.3 Å². The Morgan fingerprint density at radius 1 is 1.12 bits per heavy atom. The van der Waals surface area contributed by atoms with Crippen LogP contribution in [-0.4, -0.2) is 85.9 Å². The van der Waals surface area contributed by atoms with Crippen LogP contribution in [0.4, 0.5) is 0 Å². The lowest BCUT2D eigenvalue weighted by atomic mass is 9.84. The van der Waals surface area contributed by atoms with E-state index in [0.29, 0.717) is 6.42 Å². The zero-order chi connectivity index (χ0) is 17.6. The summed E-state index contributed by atoms with van der Waals surface area (Å²) >= 11 is 0. The number of aliphatic hydroxyl groups is 6. The molecule has 6 N–H and O–H groups in total.